The number of ether oxygens (including phenoxy) is 3. The van der Waals surface area contributed by atoms with Crippen LogP contribution in [0.25, 0.3) is 0 Å². The quantitative estimate of drug-likeness (QED) is 0.367. The number of hydrogen-bond donors (Lipinski definition) is 1. The van der Waals surface area contributed by atoms with Crippen molar-refractivity contribution in [1.82, 2.24) is 0 Å². The Labute approximate surface area is 98.9 Å². The largest absolute Gasteiger partial charge is 0.454 e. The van der Waals surface area contributed by atoms with Gasteiger partial charge in [-0.1, -0.05) is 17.3 Å². The van der Waals surface area contributed by atoms with E-state index in [1.54, 1.807) is 18.2 Å². The maximum absolute atomic E-state index is 8.60. The molecule has 0 bridgehead atoms. The SMILES string of the molecule is C=CCOC(/C=N/O)c1ccc2c(c1)OCO2. The summed E-state index contributed by atoms with van der Waals surface area (Å²) in [4.78, 5) is 0. The number of fused-ring (bicyclic) bond motifs is 1. The van der Waals surface area contributed by atoms with Gasteiger partial charge in [0.2, 0.25) is 6.79 Å². The average Bonchev–Trinajstić information content (AvgIpc) is 2.81. The number of rotatable bonds is 5. The van der Waals surface area contributed by atoms with Crippen LogP contribution in [0.1, 0.15) is 11.7 Å². The van der Waals surface area contributed by atoms with Crippen LogP contribution in [0.4, 0.5) is 0 Å². The lowest BCUT2D eigenvalue weighted by molar-refractivity contribution is 0.124. The lowest BCUT2D eigenvalue weighted by Gasteiger charge is -2.12. The fourth-order valence-electron chi connectivity index (χ4n) is 1.55. The van der Waals surface area contributed by atoms with Crippen LogP contribution in [0, 0.1) is 0 Å². The molecule has 1 heterocycles. The van der Waals surface area contributed by atoms with Crippen molar-refractivity contribution in [3.63, 3.8) is 0 Å². The molecule has 90 valence electrons. The van der Waals surface area contributed by atoms with E-state index in [-0.39, 0.29) is 6.79 Å². The van der Waals surface area contributed by atoms with Crippen LogP contribution in [-0.4, -0.2) is 24.8 Å². The number of oxime groups is 1. The maximum atomic E-state index is 8.60. The smallest absolute Gasteiger partial charge is 0.231 e. The summed E-state index contributed by atoms with van der Waals surface area (Å²) in [7, 11) is 0. The van der Waals surface area contributed by atoms with Gasteiger partial charge in [-0.2, -0.15) is 0 Å². The molecule has 0 aliphatic carbocycles. The minimum Gasteiger partial charge on any atom is -0.454 e. The molecule has 1 aromatic carbocycles. The summed E-state index contributed by atoms with van der Waals surface area (Å²) in [6.45, 7) is 4.16. The fraction of sp³-hybridized carbons (Fsp3) is 0.250. The summed E-state index contributed by atoms with van der Waals surface area (Å²) >= 11 is 0. The first-order valence-corrected chi connectivity index (χ1v) is 5.14. The molecular formula is C12H13NO4. The highest BCUT2D eigenvalue weighted by atomic mass is 16.7. The zero-order valence-corrected chi connectivity index (χ0v) is 9.20. The van der Waals surface area contributed by atoms with E-state index in [2.05, 4.69) is 11.7 Å². The molecular weight excluding hydrogens is 222 g/mol. The lowest BCUT2D eigenvalue weighted by Crippen LogP contribution is -2.06. The molecule has 2 rings (SSSR count). The van der Waals surface area contributed by atoms with Crippen molar-refractivity contribution in [2.24, 2.45) is 5.16 Å². The van der Waals surface area contributed by atoms with E-state index >= 15 is 0 Å². The Hall–Kier alpha value is -2.01. The van der Waals surface area contributed by atoms with Gasteiger partial charge in [-0.05, 0) is 17.7 Å². The third-order valence-electron chi connectivity index (χ3n) is 2.32. The van der Waals surface area contributed by atoms with Crippen LogP contribution in [0.15, 0.2) is 36.0 Å². The van der Waals surface area contributed by atoms with Crippen LogP contribution in [0.2, 0.25) is 0 Å². The zero-order chi connectivity index (χ0) is 12.1. The standard InChI is InChI=1S/C12H13NO4/c1-2-5-15-12(7-13-14)9-3-4-10-11(6-9)17-8-16-10/h2-4,6-7,12,14H,1,5,8H2/b13-7+. The first-order valence-electron chi connectivity index (χ1n) is 5.14. The molecule has 0 spiro atoms. The molecule has 0 aromatic heterocycles. The molecule has 0 saturated heterocycles. The van der Waals surface area contributed by atoms with Gasteiger partial charge >= 0.3 is 0 Å². The van der Waals surface area contributed by atoms with Gasteiger partial charge in [0.25, 0.3) is 0 Å². The monoisotopic (exact) mass is 235 g/mol. The van der Waals surface area contributed by atoms with Crippen LogP contribution >= 0.6 is 0 Å². The Morgan fingerprint density at radius 1 is 1.47 bits per heavy atom. The van der Waals surface area contributed by atoms with Crippen LogP contribution in [0.5, 0.6) is 11.5 Å². The van der Waals surface area contributed by atoms with Crippen molar-refractivity contribution in [3.8, 4) is 11.5 Å². The van der Waals surface area contributed by atoms with E-state index in [1.807, 2.05) is 6.07 Å². The van der Waals surface area contributed by atoms with Gasteiger partial charge in [0.1, 0.15) is 6.10 Å². The summed E-state index contributed by atoms with van der Waals surface area (Å²) < 4.78 is 15.9. The molecule has 0 amide bonds. The van der Waals surface area contributed by atoms with Crippen LogP contribution < -0.4 is 9.47 Å². The van der Waals surface area contributed by atoms with Gasteiger partial charge in [0, 0.05) is 0 Å². The molecule has 1 aliphatic rings. The van der Waals surface area contributed by atoms with Crippen molar-refractivity contribution >= 4 is 6.21 Å². The maximum Gasteiger partial charge on any atom is 0.231 e. The van der Waals surface area contributed by atoms with Crippen molar-refractivity contribution < 1.29 is 19.4 Å². The Morgan fingerprint density at radius 2 is 2.29 bits per heavy atom. The van der Waals surface area contributed by atoms with E-state index in [1.165, 1.54) is 6.21 Å². The molecule has 17 heavy (non-hydrogen) atoms. The highest BCUT2D eigenvalue weighted by Crippen LogP contribution is 2.34. The molecule has 5 heteroatoms. The van der Waals surface area contributed by atoms with Crippen molar-refractivity contribution in [1.29, 1.82) is 0 Å². The third kappa shape index (κ3) is 2.57. The van der Waals surface area contributed by atoms with Crippen LogP contribution in [-0.2, 0) is 4.74 Å². The first kappa shape index (κ1) is 11.5. The zero-order valence-electron chi connectivity index (χ0n) is 9.20. The number of hydrogen-bond acceptors (Lipinski definition) is 5. The van der Waals surface area contributed by atoms with Crippen molar-refractivity contribution in [3.05, 3.63) is 36.4 Å². The van der Waals surface area contributed by atoms with E-state index in [9.17, 15) is 0 Å². The fourth-order valence-corrected chi connectivity index (χ4v) is 1.55. The van der Waals surface area contributed by atoms with E-state index in [0.29, 0.717) is 18.1 Å². The predicted octanol–water partition coefficient (Wildman–Crippen LogP) is 2.12. The second-order valence-electron chi connectivity index (χ2n) is 3.42. The van der Waals surface area contributed by atoms with Gasteiger partial charge in [-0.15, -0.1) is 6.58 Å². The van der Waals surface area contributed by atoms with E-state index in [0.717, 1.165) is 5.56 Å². The minimum atomic E-state index is -0.438. The molecule has 0 fully saturated rings. The van der Waals surface area contributed by atoms with Gasteiger partial charge in [0.05, 0.1) is 12.8 Å². The summed E-state index contributed by atoms with van der Waals surface area (Å²) in [6, 6.07) is 5.44. The molecule has 0 radical (unpaired) electrons. The van der Waals surface area contributed by atoms with E-state index < -0.39 is 6.10 Å². The summed E-state index contributed by atoms with van der Waals surface area (Å²) in [6.07, 6.45) is 2.50. The average molecular weight is 235 g/mol. The van der Waals surface area contributed by atoms with Gasteiger partial charge in [0.15, 0.2) is 11.5 Å². The Bertz CT molecular complexity index is 431. The predicted molar refractivity (Wildman–Crippen MR) is 61.7 cm³/mol. The topological polar surface area (TPSA) is 60.3 Å². The molecule has 1 aromatic rings. The number of benzene rings is 1. The normalized spacial score (nSPS) is 15.1. The second-order valence-corrected chi connectivity index (χ2v) is 3.42. The molecule has 1 unspecified atom stereocenters. The first-order chi connectivity index (χ1) is 8.35. The summed E-state index contributed by atoms with van der Waals surface area (Å²) in [5.74, 6) is 1.37. The molecule has 0 saturated carbocycles. The Kier molecular flexibility index (Phi) is 3.62. The molecule has 1 N–H and O–H groups in total. The molecule has 1 atom stereocenters. The molecule has 5 nitrogen and oxygen atoms in total. The van der Waals surface area contributed by atoms with Crippen LogP contribution in [0.3, 0.4) is 0 Å². The Morgan fingerprint density at radius 3 is 3.06 bits per heavy atom. The highest BCUT2D eigenvalue weighted by Gasteiger charge is 2.17. The lowest BCUT2D eigenvalue weighted by atomic mass is 10.1. The third-order valence-corrected chi connectivity index (χ3v) is 2.32. The van der Waals surface area contributed by atoms with Gasteiger partial charge < -0.3 is 19.4 Å². The Balaban J connectivity index is 2.20. The number of nitrogens with zero attached hydrogens (tertiary/aromatic N) is 1. The highest BCUT2D eigenvalue weighted by molar-refractivity contribution is 5.66. The van der Waals surface area contributed by atoms with Gasteiger partial charge in [-0.3, -0.25) is 0 Å². The van der Waals surface area contributed by atoms with E-state index in [4.69, 9.17) is 19.4 Å². The molecule has 1 aliphatic heterocycles. The summed E-state index contributed by atoms with van der Waals surface area (Å²) in [5, 5.41) is 11.6. The van der Waals surface area contributed by atoms with Gasteiger partial charge in [-0.25, -0.2) is 0 Å². The van der Waals surface area contributed by atoms with Crippen molar-refractivity contribution in [2.75, 3.05) is 13.4 Å². The van der Waals surface area contributed by atoms with Crippen molar-refractivity contribution in [2.45, 2.75) is 6.10 Å². The summed E-state index contributed by atoms with van der Waals surface area (Å²) in [5.41, 5.74) is 0.828. The second kappa shape index (κ2) is 5.36. The minimum absolute atomic E-state index is 0.227.